The van der Waals surface area contributed by atoms with Gasteiger partial charge in [0.2, 0.25) is 0 Å². The van der Waals surface area contributed by atoms with E-state index < -0.39 is 0 Å². The van der Waals surface area contributed by atoms with Gasteiger partial charge in [0.15, 0.2) is 0 Å². The molecule has 0 unspecified atom stereocenters. The zero-order valence-corrected chi connectivity index (χ0v) is 10.0. The van der Waals surface area contributed by atoms with Crippen LogP contribution in [0, 0.1) is 6.92 Å². The topological polar surface area (TPSA) is 4.93 Å². The van der Waals surface area contributed by atoms with Gasteiger partial charge in [-0.25, -0.2) is 0 Å². The molecule has 1 aromatic rings. The molecule has 0 aliphatic heterocycles. The van der Waals surface area contributed by atoms with Crippen molar-refractivity contribution in [1.29, 1.82) is 0 Å². The summed E-state index contributed by atoms with van der Waals surface area (Å²) in [5.41, 5.74) is 2.77. The van der Waals surface area contributed by atoms with Crippen LogP contribution >= 0.6 is 0 Å². The Morgan fingerprint density at radius 2 is 2.07 bits per heavy atom. The maximum absolute atomic E-state index is 2.33. The highest BCUT2D eigenvalue weighted by atomic mass is 15.0. The molecule has 15 heavy (non-hydrogen) atoms. The lowest BCUT2D eigenvalue weighted by Crippen LogP contribution is -2.01. The fraction of sp³-hybridized carbons (Fsp3) is 0.429. The van der Waals surface area contributed by atoms with E-state index in [0.717, 1.165) is 6.54 Å². The lowest BCUT2D eigenvalue weighted by Gasteiger charge is -2.09. The Morgan fingerprint density at radius 1 is 1.27 bits per heavy atom. The summed E-state index contributed by atoms with van der Waals surface area (Å²) in [7, 11) is 0. The molecule has 1 aromatic heterocycles. The van der Waals surface area contributed by atoms with Crippen molar-refractivity contribution in [3.63, 3.8) is 0 Å². The highest BCUT2D eigenvalue weighted by Crippen LogP contribution is 2.13. The average Bonchev–Trinajstić information content (AvgIpc) is 2.69. The fourth-order valence-corrected chi connectivity index (χ4v) is 1.66. The molecule has 1 aliphatic rings. The fourth-order valence-electron chi connectivity index (χ4n) is 1.66. The predicted octanol–water partition coefficient (Wildman–Crippen LogP) is 4.10. The Labute approximate surface area is 93.1 Å². The van der Waals surface area contributed by atoms with Gasteiger partial charge in [0, 0.05) is 18.4 Å². The van der Waals surface area contributed by atoms with Gasteiger partial charge in [-0.2, -0.15) is 0 Å². The van der Waals surface area contributed by atoms with Gasteiger partial charge in [-0.1, -0.05) is 32.1 Å². The molecule has 1 aliphatic carbocycles. The van der Waals surface area contributed by atoms with Crippen molar-refractivity contribution in [3.8, 4) is 0 Å². The third-order valence-electron chi connectivity index (χ3n) is 2.48. The van der Waals surface area contributed by atoms with E-state index in [2.05, 4.69) is 48.0 Å². The van der Waals surface area contributed by atoms with Gasteiger partial charge in [-0.3, -0.25) is 0 Å². The van der Waals surface area contributed by atoms with E-state index >= 15 is 0 Å². The lowest BCUT2D eigenvalue weighted by atomic mass is 10.1. The summed E-state index contributed by atoms with van der Waals surface area (Å²) in [6, 6.07) is 4.25. The molecule has 0 spiro atoms. The Morgan fingerprint density at radius 3 is 2.60 bits per heavy atom. The molecule has 0 saturated heterocycles. The minimum atomic E-state index is 1.02. The molecule has 2 rings (SSSR count). The molecule has 0 aromatic carbocycles. The van der Waals surface area contributed by atoms with E-state index in [1.807, 2.05) is 13.8 Å². The van der Waals surface area contributed by atoms with Crippen LogP contribution in [0.4, 0.5) is 0 Å². The quantitative estimate of drug-likeness (QED) is 0.682. The number of nitrogens with zero attached hydrogens (tertiary/aromatic N) is 1. The first kappa shape index (κ1) is 11.8. The minimum Gasteiger partial charge on any atom is -0.347 e. The van der Waals surface area contributed by atoms with Crippen molar-refractivity contribution < 1.29 is 0 Å². The minimum absolute atomic E-state index is 1.02. The maximum Gasteiger partial charge on any atom is 0.0469 e. The molecule has 0 saturated carbocycles. The Hall–Kier alpha value is -1.24. The van der Waals surface area contributed by atoms with Crippen molar-refractivity contribution in [2.75, 3.05) is 0 Å². The molecule has 82 valence electrons. The second-order valence-corrected chi connectivity index (χ2v) is 3.54. The van der Waals surface area contributed by atoms with Crippen LogP contribution in [0.15, 0.2) is 42.1 Å². The molecule has 0 fully saturated rings. The van der Waals surface area contributed by atoms with Gasteiger partial charge in [0.25, 0.3) is 0 Å². The number of hydrogen-bond acceptors (Lipinski definition) is 0. The van der Waals surface area contributed by atoms with E-state index in [1.165, 1.54) is 24.1 Å². The summed E-state index contributed by atoms with van der Waals surface area (Å²) < 4.78 is 2.28. The van der Waals surface area contributed by atoms with Crippen LogP contribution in [0.3, 0.4) is 0 Å². The van der Waals surface area contributed by atoms with E-state index in [0.29, 0.717) is 0 Å². The van der Waals surface area contributed by atoms with Gasteiger partial charge in [0.05, 0.1) is 0 Å². The van der Waals surface area contributed by atoms with Crippen LogP contribution in [0.1, 0.15) is 32.4 Å². The average molecular weight is 203 g/mol. The highest BCUT2D eigenvalue weighted by Gasteiger charge is 1.99. The van der Waals surface area contributed by atoms with Gasteiger partial charge < -0.3 is 4.57 Å². The third-order valence-corrected chi connectivity index (χ3v) is 2.48. The SMILES string of the molecule is CC.Cc1cccn1CC1=CCCC=C1. The molecule has 0 amide bonds. The van der Waals surface area contributed by atoms with Crippen LogP contribution in [-0.2, 0) is 6.54 Å². The highest BCUT2D eigenvalue weighted by molar-refractivity contribution is 5.23. The second kappa shape index (κ2) is 6.28. The van der Waals surface area contributed by atoms with Crippen LogP contribution in [0.2, 0.25) is 0 Å². The van der Waals surface area contributed by atoms with E-state index in [4.69, 9.17) is 0 Å². The van der Waals surface area contributed by atoms with Crippen molar-refractivity contribution in [2.24, 2.45) is 0 Å². The first-order valence-electron chi connectivity index (χ1n) is 5.83. The standard InChI is InChI=1S/C12H15N.C2H6/c1-11-6-5-9-13(11)10-12-7-3-2-4-8-12;1-2/h3,5-9H,2,4,10H2,1H3;1-2H3. The molecular formula is C14H21N. The molecule has 0 radical (unpaired) electrons. The van der Waals surface area contributed by atoms with Crippen LogP contribution < -0.4 is 0 Å². The normalized spacial score (nSPS) is 14.2. The third kappa shape index (κ3) is 3.43. The molecule has 1 nitrogen and oxygen atoms in total. The first-order valence-corrected chi connectivity index (χ1v) is 5.83. The van der Waals surface area contributed by atoms with Crippen LogP contribution in [-0.4, -0.2) is 4.57 Å². The van der Waals surface area contributed by atoms with Crippen molar-refractivity contribution in [3.05, 3.63) is 47.8 Å². The van der Waals surface area contributed by atoms with Gasteiger partial charge in [0.1, 0.15) is 0 Å². The zero-order valence-electron chi connectivity index (χ0n) is 10.0. The van der Waals surface area contributed by atoms with E-state index in [9.17, 15) is 0 Å². The molecule has 0 bridgehead atoms. The number of aromatic nitrogens is 1. The van der Waals surface area contributed by atoms with Crippen molar-refractivity contribution in [2.45, 2.75) is 40.2 Å². The molecule has 1 heterocycles. The van der Waals surface area contributed by atoms with Crippen LogP contribution in [0.5, 0.6) is 0 Å². The van der Waals surface area contributed by atoms with Crippen molar-refractivity contribution in [1.82, 2.24) is 4.57 Å². The smallest absolute Gasteiger partial charge is 0.0469 e. The summed E-state index contributed by atoms with van der Waals surface area (Å²) in [6.45, 7) is 7.17. The predicted molar refractivity (Wildman–Crippen MR) is 67.0 cm³/mol. The van der Waals surface area contributed by atoms with Crippen molar-refractivity contribution >= 4 is 0 Å². The lowest BCUT2D eigenvalue weighted by molar-refractivity contribution is 0.765. The summed E-state index contributed by atoms with van der Waals surface area (Å²) in [5, 5.41) is 0. The monoisotopic (exact) mass is 203 g/mol. The largest absolute Gasteiger partial charge is 0.347 e. The van der Waals surface area contributed by atoms with E-state index in [-0.39, 0.29) is 0 Å². The summed E-state index contributed by atoms with van der Waals surface area (Å²) in [6.07, 6.45) is 11.4. The van der Waals surface area contributed by atoms with Crippen LogP contribution in [0.25, 0.3) is 0 Å². The molecular weight excluding hydrogens is 182 g/mol. The van der Waals surface area contributed by atoms with Gasteiger partial charge in [-0.05, 0) is 37.5 Å². The number of rotatable bonds is 2. The zero-order chi connectivity index (χ0) is 11.1. The Bertz CT molecular complexity index is 342. The Balaban J connectivity index is 0.000000531. The number of aryl methyl sites for hydroxylation is 1. The first-order chi connectivity index (χ1) is 7.36. The second-order valence-electron chi connectivity index (χ2n) is 3.54. The molecule has 0 N–H and O–H groups in total. The summed E-state index contributed by atoms with van der Waals surface area (Å²) in [4.78, 5) is 0. The number of hydrogen-bond donors (Lipinski definition) is 0. The molecule has 1 heteroatoms. The summed E-state index contributed by atoms with van der Waals surface area (Å²) in [5.74, 6) is 0. The maximum atomic E-state index is 2.33. The van der Waals surface area contributed by atoms with Gasteiger partial charge >= 0.3 is 0 Å². The summed E-state index contributed by atoms with van der Waals surface area (Å²) >= 11 is 0. The van der Waals surface area contributed by atoms with E-state index in [1.54, 1.807) is 0 Å². The number of allylic oxidation sites excluding steroid dienone is 4. The molecule has 0 atom stereocenters. The van der Waals surface area contributed by atoms with Gasteiger partial charge in [-0.15, -0.1) is 0 Å². The Kier molecular flexibility index (Phi) is 4.96.